The molecule has 0 spiro atoms. The van der Waals surface area contributed by atoms with Gasteiger partial charge in [0.05, 0.1) is 11.2 Å². The van der Waals surface area contributed by atoms with Gasteiger partial charge in [-0.15, -0.1) is 0 Å². The third-order valence-electron chi connectivity index (χ3n) is 13.0. The maximum atomic E-state index is 7.05. The fourth-order valence-corrected chi connectivity index (χ4v) is 10.5. The van der Waals surface area contributed by atoms with Crippen LogP contribution >= 0.6 is 0 Å². The number of methoxy groups -OCH3 is 2. The predicted octanol–water partition coefficient (Wildman–Crippen LogP) is 8.40. The van der Waals surface area contributed by atoms with E-state index < -0.39 is 29.5 Å². The lowest BCUT2D eigenvalue weighted by molar-refractivity contribution is 0.00578. The summed E-state index contributed by atoms with van der Waals surface area (Å²) in [6.45, 7) is 8.47. The number of fused-ring (bicyclic) bond motifs is 4. The molecule has 0 saturated carbocycles. The molecule has 12 rings (SSSR count). The minimum Gasteiger partial charge on any atom is -0.399 e. The molecule has 0 N–H and O–H groups in total. The van der Waals surface area contributed by atoms with E-state index in [1.54, 1.807) is 0 Å². The van der Waals surface area contributed by atoms with Gasteiger partial charge in [0.25, 0.3) is 0 Å². The van der Waals surface area contributed by atoms with Gasteiger partial charge in [0.2, 0.25) is 0 Å². The molecule has 5 heteroatoms. The van der Waals surface area contributed by atoms with Gasteiger partial charge in [-0.3, -0.25) is 0 Å². The molecule has 1 aliphatic heterocycles. The van der Waals surface area contributed by atoms with Crippen LogP contribution in [0.25, 0.3) is 66.1 Å². The normalized spacial score (nSPS) is 24.4. The van der Waals surface area contributed by atoms with Crippen molar-refractivity contribution in [2.24, 2.45) is 0 Å². The van der Waals surface area contributed by atoms with E-state index in [0.29, 0.717) is 0 Å². The summed E-state index contributed by atoms with van der Waals surface area (Å²) in [5.41, 5.74) is 16.0. The molecule has 2 atom stereocenters. The van der Waals surface area contributed by atoms with E-state index in [1.165, 1.54) is 99.4 Å². The van der Waals surface area contributed by atoms with Crippen LogP contribution in [0.1, 0.15) is 61.1 Å². The lowest BCUT2D eigenvalue weighted by Gasteiger charge is -2.50. The average Bonchev–Trinajstić information content (AvgIpc) is 3.63. The van der Waals surface area contributed by atoms with Crippen molar-refractivity contribution < 1.29 is 18.8 Å². The summed E-state index contributed by atoms with van der Waals surface area (Å²) in [6.07, 6.45) is 0. The standard InChI is InChI=1S/C42H31BO4/c1-39(2)40(3,4)47-43(46-39)22-18-21-11-13-26-28-16-15-27-25-12-10-20-8-7-9-23-24-14-17-29-30(19-22)32(21)34(26)42(45-6)37(28)36(27)41(44-5,33(25)31(20)23)35(24)38(29)42/h7-19H,1-6H3/t41-,42-/m1/s1. The van der Waals surface area contributed by atoms with Gasteiger partial charge in [0.1, 0.15) is 11.2 Å². The molecule has 1 saturated heterocycles. The Morgan fingerprint density at radius 2 is 0.915 bits per heavy atom. The van der Waals surface area contributed by atoms with Crippen LogP contribution in [-0.2, 0) is 30.0 Å². The third kappa shape index (κ3) is 2.37. The van der Waals surface area contributed by atoms with Crippen LogP contribution in [0.5, 0.6) is 0 Å². The summed E-state index contributed by atoms with van der Waals surface area (Å²) in [7, 11) is 3.35. The zero-order valence-electron chi connectivity index (χ0n) is 27.2. The Bertz CT molecular complexity index is 2560. The van der Waals surface area contributed by atoms with E-state index in [-0.39, 0.29) is 0 Å². The monoisotopic (exact) mass is 610 g/mol. The molecule has 47 heavy (non-hydrogen) atoms. The number of hydrogen-bond donors (Lipinski definition) is 0. The highest BCUT2D eigenvalue weighted by Crippen LogP contribution is 2.73. The Morgan fingerprint density at radius 3 is 1.47 bits per heavy atom. The molecular weight excluding hydrogens is 579 g/mol. The van der Waals surface area contributed by atoms with Gasteiger partial charge in [-0.25, -0.2) is 0 Å². The highest BCUT2D eigenvalue weighted by Gasteiger charge is 2.65. The Kier molecular flexibility index (Phi) is 4.06. The molecular formula is C42H31BO4. The second-order valence-electron chi connectivity index (χ2n) is 15.2. The molecule has 4 nitrogen and oxygen atoms in total. The fourth-order valence-electron chi connectivity index (χ4n) is 10.5. The Hall–Kier alpha value is -4.26. The summed E-state index contributed by atoms with van der Waals surface area (Å²) in [5, 5.41) is 4.97. The second kappa shape index (κ2) is 7.40. The van der Waals surface area contributed by atoms with Crippen molar-refractivity contribution in [2.45, 2.75) is 50.1 Å². The van der Waals surface area contributed by atoms with Gasteiger partial charge in [0.15, 0.2) is 0 Å². The van der Waals surface area contributed by atoms with Crippen LogP contribution in [-0.4, -0.2) is 32.5 Å². The van der Waals surface area contributed by atoms with Crippen LogP contribution < -0.4 is 5.46 Å². The first-order valence-electron chi connectivity index (χ1n) is 16.7. The topological polar surface area (TPSA) is 36.9 Å². The molecule has 0 aromatic heterocycles. The molecule has 226 valence electrons. The number of benzene rings is 6. The zero-order valence-corrected chi connectivity index (χ0v) is 27.2. The first-order valence-corrected chi connectivity index (χ1v) is 16.7. The fraction of sp³-hybridized carbons (Fsp3) is 0.238. The number of hydrogen-bond acceptors (Lipinski definition) is 4. The summed E-state index contributed by atoms with van der Waals surface area (Å²) >= 11 is 0. The zero-order chi connectivity index (χ0) is 31.6. The van der Waals surface area contributed by atoms with E-state index >= 15 is 0 Å². The highest BCUT2D eigenvalue weighted by molar-refractivity contribution is 6.62. The van der Waals surface area contributed by atoms with Gasteiger partial charge in [-0.05, 0) is 99.2 Å². The van der Waals surface area contributed by atoms with Gasteiger partial charge >= 0.3 is 7.12 Å². The summed E-state index contributed by atoms with van der Waals surface area (Å²) < 4.78 is 27.3. The molecule has 0 unspecified atom stereocenters. The lowest BCUT2D eigenvalue weighted by atomic mass is 9.58. The third-order valence-corrected chi connectivity index (χ3v) is 13.0. The van der Waals surface area contributed by atoms with Gasteiger partial charge in [-0.2, -0.15) is 0 Å². The Balaban J connectivity index is 1.30. The smallest absolute Gasteiger partial charge is 0.399 e. The van der Waals surface area contributed by atoms with E-state index in [0.717, 1.165) is 5.46 Å². The molecule has 0 radical (unpaired) electrons. The first-order chi connectivity index (χ1) is 22.7. The molecule has 5 aliphatic carbocycles. The van der Waals surface area contributed by atoms with Gasteiger partial charge in [0, 0.05) is 47.6 Å². The van der Waals surface area contributed by atoms with E-state index in [9.17, 15) is 0 Å². The van der Waals surface area contributed by atoms with Crippen LogP contribution in [0, 0.1) is 0 Å². The Morgan fingerprint density at radius 1 is 0.468 bits per heavy atom. The number of ether oxygens (including phenoxy) is 2. The minimum atomic E-state index is -0.759. The van der Waals surface area contributed by atoms with Crippen LogP contribution in [0.15, 0.2) is 78.9 Å². The maximum Gasteiger partial charge on any atom is 0.494 e. The molecule has 6 aliphatic rings. The van der Waals surface area contributed by atoms with Crippen LogP contribution in [0.4, 0.5) is 0 Å². The van der Waals surface area contributed by atoms with Crippen LogP contribution in [0.3, 0.4) is 0 Å². The van der Waals surface area contributed by atoms with Crippen molar-refractivity contribution in [2.75, 3.05) is 14.2 Å². The van der Waals surface area contributed by atoms with Crippen molar-refractivity contribution in [1.82, 2.24) is 0 Å². The van der Waals surface area contributed by atoms with Gasteiger partial charge < -0.3 is 18.8 Å². The van der Waals surface area contributed by atoms with E-state index in [1.807, 2.05) is 14.2 Å². The van der Waals surface area contributed by atoms with Crippen molar-refractivity contribution in [3.63, 3.8) is 0 Å². The minimum absolute atomic E-state index is 0.431. The maximum absolute atomic E-state index is 7.05. The van der Waals surface area contributed by atoms with Crippen molar-refractivity contribution >= 4 is 34.1 Å². The highest BCUT2D eigenvalue weighted by atomic mass is 16.7. The van der Waals surface area contributed by atoms with Crippen molar-refractivity contribution in [3.8, 4) is 44.5 Å². The van der Waals surface area contributed by atoms with Crippen LogP contribution in [0.2, 0.25) is 0 Å². The predicted molar refractivity (Wildman–Crippen MR) is 186 cm³/mol. The first kappa shape index (κ1) is 25.8. The van der Waals surface area contributed by atoms with E-state index in [2.05, 4.69) is 107 Å². The summed E-state index contributed by atoms with van der Waals surface area (Å²) in [6, 6.07) is 29.8. The van der Waals surface area contributed by atoms with E-state index in [4.69, 9.17) is 18.8 Å². The van der Waals surface area contributed by atoms with Crippen molar-refractivity contribution in [3.05, 3.63) is 112 Å². The SMILES string of the molecule is CO[C@]12c3c4ccc5c3[C@]3(OC)c6c(ccc(c61)-c1cc(B6OC(C)(C)C(C)(C)O6)cc6ccc-4c2c16)-c1cccc2ccc-5c3c12. The molecule has 1 heterocycles. The Labute approximate surface area is 273 Å². The lowest BCUT2D eigenvalue weighted by Crippen LogP contribution is -2.46. The molecule has 6 aromatic carbocycles. The molecule has 0 bridgehead atoms. The molecule has 0 amide bonds. The largest absolute Gasteiger partial charge is 0.494 e. The average molecular weight is 611 g/mol. The summed E-state index contributed by atoms with van der Waals surface area (Å²) in [4.78, 5) is 0. The van der Waals surface area contributed by atoms with Crippen molar-refractivity contribution in [1.29, 1.82) is 0 Å². The number of rotatable bonds is 3. The second-order valence-corrected chi connectivity index (χ2v) is 15.2. The molecule has 6 aromatic rings. The quantitative estimate of drug-likeness (QED) is 0.188. The van der Waals surface area contributed by atoms with Gasteiger partial charge in [-0.1, -0.05) is 78.9 Å². The summed E-state index contributed by atoms with van der Waals surface area (Å²) in [5.74, 6) is 0. The molecule has 1 fully saturated rings.